The van der Waals surface area contributed by atoms with Crippen LogP contribution in [-0.2, 0) is 0 Å². The lowest BCUT2D eigenvalue weighted by atomic mass is 10.1. The third-order valence-electron chi connectivity index (χ3n) is 5.72. The summed E-state index contributed by atoms with van der Waals surface area (Å²) in [6.07, 6.45) is 0.931. The molecule has 0 aliphatic carbocycles. The fraction of sp³-hybridized carbons (Fsp3) is 0.259. The number of amides is 2. The second-order valence-electron chi connectivity index (χ2n) is 8.14. The maximum Gasteiger partial charge on any atom is 0.255 e. The van der Waals surface area contributed by atoms with Crippen molar-refractivity contribution in [2.45, 2.75) is 13.3 Å². The lowest BCUT2D eigenvalue weighted by Gasteiger charge is -2.36. The maximum atomic E-state index is 12.7. The molecule has 7 heteroatoms. The highest BCUT2D eigenvalue weighted by Crippen LogP contribution is 2.30. The van der Waals surface area contributed by atoms with Gasteiger partial charge in [-0.05, 0) is 61.0 Å². The SMILES string of the molecule is CCCOc1ccc(C(=O)Nc2ccc(N3CCN(C(=O)c4ccccc4)CC3)c(Cl)c2)cc1. The number of hydrogen-bond donors (Lipinski definition) is 1. The number of halogens is 1. The van der Waals surface area contributed by atoms with Crippen LogP contribution in [0.5, 0.6) is 5.75 Å². The lowest BCUT2D eigenvalue weighted by molar-refractivity contribution is 0.0746. The van der Waals surface area contributed by atoms with Crippen molar-refractivity contribution in [1.82, 2.24) is 4.90 Å². The van der Waals surface area contributed by atoms with Crippen molar-refractivity contribution in [3.63, 3.8) is 0 Å². The van der Waals surface area contributed by atoms with Gasteiger partial charge in [0.25, 0.3) is 11.8 Å². The van der Waals surface area contributed by atoms with Gasteiger partial charge < -0.3 is 19.9 Å². The second-order valence-corrected chi connectivity index (χ2v) is 8.55. The number of anilines is 2. The molecule has 1 N–H and O–H groups in total. The Labute approximate surface area is 205 Å². The topological polar surface area (TPSA) is 61.9 Å². The number of nitrogens with zero attached hydrogens (tertiary/aromatic N) is 2. The molecule has 0 unspecified atom stereocenters. The van der Waals surface area contributed by atoms with E-state index in [1.807, 2.05) is 54.3 Å². The molecule has 0 spiro atoms. The molecule has 1 fully saturated rings. The van der Waals surface area contributed by atoms with Gasteiger partial charge in [-0.25, -0.2) is 0 Å². The average molecular weight is 478 g/mol. The predicted molar refractivity (Wildman–Crippen MR) is 136 cm³/mol. The summed E-state index contributed by atoms with van der Waals surface area (Å²) in [6.45, 7) is 5.33. The molecule has 1 heterocycles. The smallest absolute Gasteiger partial charge is 0.255 e. The van der Waals surface area contributed by atoms with Gasteiger partial charge in [0.05, 0.1) is 17.3 Å². The van der Waals surface area contributed by atoms with E-state index in [-0.39, 0.29) is 11.8 Å². The zero-order valence-corrected chi connectivity index (χ0v) is 19.9. The Morgan fingerprint density at radius 3 is 2.26 bits per heavy atom. The van der Waals surface area contributed by atoms with E-state index < -0.39 is 0 Å². The van der Waals surface area contributed by atoms with Crippen LogP contribution >= 0.6 is 11.6 Å². The van der Waals surface area contributed by atoms with Gasteiger partial charge in [0.15, 0.2) is 0 Å². The summed E-state index contributed by atoms with van der Waals surface area (Å²) in [5, 5.41) is 3.46. The molecule has 3 aromatic rings. The van der Waals surface area contributed by atoms with Gasteiger partial charge in [-0.2, -0.15) is 0 Å². The van der Waals surface area contributed by atoms with E-state index in [9.17, 15) is 9.59 Å². The summed E-state index contributed by atoms with van der Waals surface area (Å²) in [7, 11) is 0. The highest BCUT2D eigenvalue weighted by atomic mass is 35.5. The molecular weight excluding hydrogens is 450 g/mol. The Bertz CT molecular complexity index is 1130. The Morgan fingerprint density at radius 1 is 0.912 bits per heavy atom. The summed E-state index contributed by atoms with van der Waals surface area (Å²) in [4.78, 5) is 29.3. The first-order valence-electron chi connectivity index (χ1n) is 11.5. The summed E-state index contributed by atoms with van der Waals surface area (Å²) < 4.78 is 5.56. The predicted octanol–water partition coefficient (Wildman–Crippen LogP) is 5.34. The Kier molecular flexibility index (Phi) is 7.70. The van der Waals surface area contributed by atoms with Crippen molar-refractivity contribution in [1.29, 1.82) is 0 Å². The molecule has 0 aromatic heterocycles. The zero-order chi connectivity index (χ0) is 23.9. The Hall–Kier alpha value is -3.51. The first kappa shape index (κ1) is 23.6. The van der Waals surface area contributed by atoms with Gasteiger partial charge in [-0.15, -0.1) is 0 Å². The minimum absolute atomic E-state index is 0.0503. The standard InChI is InChI=1S/C27H28ClN3O3/c1-2-18-34-23-11-8-20(9-12-23)26(32)29-22-10-13-25(24(28)19-22)30-14-16-31(17-15-30)27(33)21-6-4-3-5-7-21/h3-13,19H,2,14-18H2,1H3,(H,29,32). The lowest BCUT2D eigenvalue weighted by Crippen LogP contribution is -2.48. The number of carbonyl (C=O) groups is 2. The zero-order valence-electron chi connectivity index (χ0n) is 19.2. The minimum Gasteiger partial charge on any atom is -0.494 e. The summed E-state index contributed by atoms with van der Waals surface area (Å²) in [6, 6.07) is 21.9. The van der Waals surface area contributed by atoms with Gasteiger partial charge >= 0.3 is 0 Å². The molecule has 1 saturated heterocycles. The van der Waals surface area contributed by atoms with Gasteiger partial charge in [-0.1, -0.05) is 36.7 Å². The fourth-order valence-electron chi connectivity index (χ4n) is 3.88. The van der Waals surface area contributed by atoms with Crippen LogP contribution in [0.1, 0.15) is 34.1 Å². The van der Waals surface area contributed by atoms with Gasteiger partial charge in [0.2, 0.25) is 0 Å². The summed E-state index contributed by atoms with van der Waals surface area (Å²) in [5.74, 6) is 0.588. The average Bonchev–Trinajstić information content (AvgIpc) is 2.88. The van der Waals surface area contributed by atoms with Crippen molar-refractivity contribution in [2.75, 3.05) is 43.0 Å². The van der Waals surface area contributed by atoms with Gasteiger partial charge in [0, 0.05) is 43.0 Å². The number of carbonyl (C=O) groups excluding carboxylic acids is 2. The van der Waals surface area contributed by atoms with Crippen LogP contribution in [0.15, 0.2) is 72.8 Å². The normalized spacial score (nSPS) is 13.5. The van der Waals surface area contributed by atoms with E-state index >= 15 is 0 Å². The third kappa shape index (κ3) is 5.69. The third-order valence-corrected chi connectivity index (χ3v) is 6.03. The van der Waals surface area contributed by atoms with Crippen LogP contribution in [-0.4, -0.2) is 49.5 Å². The number of benzene rings is 3. The molecule has 1 aliphatic rings. The monoisotopic (exact) mass is 477 g/mol. The molecule has 6 nitrogen and oxygen atoms in total. The van der Waals surface area contributed by atoms with Gasteiger partial charge in [0.1, 0.15) is 5.75 Å². The molecule has 0 bridgehead atoms. The first-order chi connectivity index (χ1) is 16.5. The molecule has 1 aliphatic heterocycles. The highest BCUT2D eigenvalue weighted by Gasteiger charge is 2.23. The van der Waals surface area contributed by atoms with Crippen LogP contribution in [0.2, 0.25) is 5.02 Å². The number of piperazine rings is 1. The van der Waals surface area contributed by atoms with Crippen molar-refractivity contribution in [2.24, 2.45) is 0 Å². The van der Waals surface area contributed by atoms with Crippen molar-refractivity contribution in [3.8, 4) is 5.75 Å². The molecule has 0 atom stereocenters. The van der Waals surface area contributed by atoms with Crippen LogP contribution in [0.3, 0.4) is 0 Å². The largest absolute Gasteiger partial charge is 0.494 e. The number of rotatable bonds is 7. The number of hydrogen-bond acceptors (Lipinski definition) is 4. The van der Waals surface area contributed by atoms with Crippen LogP contribution in [0, 0.1) is 0 Å². The van der Waals surface area contributed by atoms with E-state index in [0.717, 1.165) is 17.9 Å². The van der Waals surface area contributed by atoms with E-state index in [2.05, 4.69) is 10.2 Å². The summed E-state index contributed by atoms with van der Waals surface area (Å²) in [5.41, 5.74) is 2.77. The van der Waals surface area contributed by atoms with E-state index in [0.29, 0.717) is 54.6 Å². The molecule has 2 amide bonds. The van der Waals surface area contributed by atoms with Crippen LogP contribution < -0.4 is 15.0 Å². The van der Waals surface area contributed by atoms with E-state index in [1.54, 1.807) is 30.3 Å². The molecule has 0 saturated carbocycles. The fourth-order valence-corrected chi connectivity index (χ4v) is 4.18. The molecule has 4 rings (SSSR count). The van der Waals surface area contributed by atoms with Crippen LogP contribution in [0.4, 0.5) is 11.4 Å². The quantitative estimate of drug-likeness (QED) is 0.498. The van der Waals surface area contributed by atoms with Crippen molar-refractivity contribution in [3.05, 3.63) is 88.9 Å². The number of ether oxygens (including phenoxy) is 1. The van der Waals surface area contributed by atoms with Crippen molar-refractivity contribution >= 4 is 34.8 Å². The highest BCUT2D eigenvalue weighted by molar-refractivity contribution is 6.33. The van der Waals surface area contributed by atoms with Crippen molar-refractivity contribution < 1.29 is 14.3 Å². The molecular formula is C27H28ClN3O3. The van der Waals surface area contributed by atoms with Gasteiger partial charge in [-0.3, -0.25) is 9.59 Å². The summed E-state index contributed by atoms with van der Waals surface area (Å²) >= 11 is 6.57. The van der Waals surface area contributed by atoms with E-state index in [1.165, 1.54) is 0 Å². The molecule has 34 heavy (non-hydrogen) atoms. The Balaban J connectivity index is 1.34. The molecule has 0 radical (unpaired) electrons. The maximum absolute atomic E-state index is 12.7. The second kappa shape index (κ2) is 11.1. The number of nitrogens with one attached hydrogen (secondary N) is 1. The molecule has 176 valence electrons. The van der Waals surface area contributed by atoms with E-state index in [4.69, 9.17) is 16.3 Å². The Morgan fingerprint density at radius 2 is 1.62 bits per heavy atom. The molecule has 3 aromatic carbocycles. The first-order valence-corrected chi connectivity index (χ1v) is 11.9. The minimum atomic E-state index is -0.209. The van der Waals surface area contributed by atoms with Crippen LogP contribution in [0.25, 0.3) is 0 Å².